The van der Waals surface area contributed by atoms with Crippen LogP contribution in [-0.2, 0) is 6.54 Å². The topological polar surface area (TPSA) is 37.2 Å². The number of benzene rings is 1. The first kappa shape index (κ1) is 14.1. The fraction of sp³-hybridized carbons (Fsp3) is 0.214. The van der Waals surface area contributed by atoms with Crippen LogP contribution >= 0.6 is 28.1 Å². The highest BCUT2D eigenvalue weighted by Gasteiger charge is 2.06. The second-order valence-corrected chi connectivity index (χ2v) is 5.63. The first-order valence-electron chi connectivity index (χ1n) is 5.90. The van der Waals surface area contributed by atoms with Crippen LogP contribution in [0.1, 0.15) is 16.9 Å². The van der Waals surface area contributed by atoms with Gasteiger partial charge in [-0.3, -0.25) is 0 Å². The zero-order valence-electron chi connectivity index (χ0n) is 10.8. The molecule has 5 heteroatoms. The van der Waals surface area contributed by atoms with Crippen molar-refractivity contribution in [3.8, 4) is 0 Å². The molecule has 0 unspecified atom stereocenters. The zero-order chi connectivity index (χ0) is 13.8. The standard InChI is InChI=1S/C14H15BrN2OS/c1-9-6-11(15)7-10(2)13(9)17-14(19)16-8-12-4-3-5-18-12/h3-7H,8H2,1-2H3,(H2,16,17,19). The summed E-state index contributed by atoms with van der Waals surface area (Å²) < 4.78 is 6.31. The number of aryl methyl sites for hydroxylation is 2. The number of furan rings is 1. The first-order valence-corrected chi connectivity index (χ1v) is 7.10. The van der Waals surface area contributed by atoms with Gasteiger partial charge in [-0.15, -0.1) is 0 Å². The summed E-state index contributed by atoms with van der Waals surface area (Å²) in [6.45, 7) is 4.68. The van der Waals surface area contributed by atoms with Gasteiger partial charge in [-0.2, -0.15) is 0 Å². The van der Waals surface area contributed by atoms with Gasteiger partial charge in [0, 0.05) is 10.2 Å². The van der Waals surface area contributed by atoms with Crippen molar-refractivity contribution in [3.05, 3.63) is 51.9 Å². The highest BCUT2D eigenvalue weighted by atomic mass is 79.9. The molecule has 0 bridgehead atoms. The molecule has 0 saturated heterocycles. The number of thiocarbonyl (C=S) groups is 1. The molecule has 2 N–H and O–H groups in total. The molecule has 0 aliphatic heterocycles. The minimum Gasteiger partial charge on any atom is -0.467 e. The van der Waals surface area contributed by atoms with E-state index in [0.29, 0.717) is 11.7 Å². The summed E-state index contributed by atoms with van der Waals surface area (Å²) >= 11 is 8.77. The van der Waals surface area contributed by atoms with E-state index in [1.165, 1.54) is 0 Å². The molecule has 0 saturated carbocycles. The molecular formula is C14H15BrN2OS. The second-order valence-electron chi connectivity index (χ2n) is 4.30. The van der Waals surface area contributed by atoms with E-state index < -0.39 is 0 Å². The molecule has 3 nitrogen and oxygen atoms in total. The molecule has 2 rings (SSSR count). The van der Waals surface area contributed by atoms with Gasteiger partial charge in [0.2, 0.25) is 0 Å². The molecule has 0 aliphatic rings. The van der Waals surface area contributed by atoms with Crippen molar-refractivity contribution < 1.29 is 4.42 Å². The molecule has 1 aromatic heterocycles. The van der Waals surface area contributed by atoms with Crippen LogP contribution in [0.4, 0.5) is 5.69 Å². The zero-order valence-corrected chi connectivity index (χ0v) is 13.2. The Kier molecular flexibility index (Phi) is 4.61. The fourth-order valence-electron chi connectivity index (χ4n) is 1.85. The van der Waals surface area contributed by atoms with Crippen LogP contribution in [0.3, 0.4) is 0 Å². The van der Waals surface area contributed by atoms with Crippen LogP contribution in [0.25, 0.3) is 0 Å². The normalized spacial score (nSPS) is 10.3. The fourth-order valence-corrected chi connectivity index (χ4v) is 2.71. The SMILES string of the molecule is Cc1cc(Br)cc(C)c1NC(=S)NCc1ccco1. The molecule has 1 aromatic carbocycles. The van der Waals surface area contributed by atoms with Crippen molar-refractivity contribution in [2.75, 3.05) is 5.32 Å². The van der Waals surface area contributed by atoms with Crippen LogP contribution in [0.2, 0.25) is 0 Å². The summed E-state index contributed by atoms with van der Waals surface area (Å²) in [7, 11) is 0. The monoisotopic (exact) mass is 338 g/mol. The van der Waals surface area contributed by atoms with E-state index >= 15 is 0 Å². The molecule has 0 fully saturated rings. The van der Waals surface area contributed by atoms with E-state index in [2.05, 4.69) is 52.5 Å². The van der Waals surface area contributed by atoms with E-state index in [9.17, 15) is 0 Å². The molecule has 2 aromatic rings. The summed E-state index contributed by atoms with van der Waals surface area (Å²) in [4.78, 5) is 0. The van der Waals surface area contributed by atoms with E-state index in [0.717, 1.165) is 27.0 Å². The van der Waals surface area contributed by atoms with Crippen LogP contribution in [0, 0.1) is 13.8 Å². The van der Waals surface area contributed by atoms with Crippen molar-refractivity contribution in [2.24, 2.45) is 0 Å². The van der Waals surface area contributed by atoms with Crippen LogP contribution in [0.15, 0.2) is 39.4 Å². The van der Waals surface area contributed by atoms with Gasteiger partial charge < -0.3 is 15.1 Å². The molecule has 19 heavy (non-hydrogen) atoms. The largest absolute Gasteiger partial charge is 0.467 e. The van der Waals surface area contributed by atoms with Gasteiger partial charge in [-0.25, -0.2) is 0 Å². The predicted molar refractivity (Wildman–Crippen MR) is 85.4 cm³/mol. The third kappa shape index (κ3) is 3.81. The van der Waals surface area contributed by atoms with Crippen molar-refractivity contribution in [3.63, 3.8) is 0 Å². The van der Waals surface area contributed by atoms with Crippen molar-refractivity contribution in [1.29, 1.82) is 0 Å². The quantitative estimate of drug-likeness (QED) is 0.824. The maximum Gasteiger partial charge on any atom is 0.171 e. The Balaban J connectivity index is 1.99. The Morgan fingerprint density at radius 1 is 1.32 bits per heavy atom. The number of hydrogen-bond donors (Lipinski definition) is 2. The summed E-state index contributed by atoms with van der Waals surface area (Å²) in [5.74, 6) is 0.855. The summed E-state index contributed by atoms with van der Waals surface area (Å²) in [5, 5.41) is 6.93. The van der Waals surface area contributed by atoms with Gasteiger partial charge in [0.05, 0.1) is 12.8 Å². The number of anilines is 1. The van der Waals surface area contributed by atoms with E-state index in [4.69, 9.17) is 16.6 Å². The molecular weight excluding hydrogens is 324 g/mol. The van der Waals surface area contributed by atoms with Gasteiger partial charge in [-0.05, 0) is 61.5 Å². The highest BCUT2D eigenvalue weighted by Crippen LogP contribution is 2.24. The van der Waals surface area contributed by atoms with Crippen LogP contribution < -0.4 is 10.6 Å². The number of nitrogens with one attached hydrogen (secondary N) is 2. The molecule has 0 aliphatic carbocycles. The third-order valence-electron chi connectivity index (χ3n) is 2.74. The maximum atomic E-state index is 5.29. The Morgan fingerprint density at radius 3 is 2.58 bits per heavy atom. The van der Waals surface area contributed by atoms with Gasteiger partial charge in [0.15, 0.2) is 5.11 Å². The first-order chi connectivity index (χ1) is 9.06. The van der Waals surface area contributed by atoms with Crippen molar-refractivity contribution >= 4 is 38.9 Å². The van der Waals surface area contributed by atoms with Crippen LogP contribution in [0.5, 0.6) is 0 Å². The van der Waals surface area contributed by atoms with Gasteiger partial charge in [-0.1, -0.05) is 15.9 Å². The van der Waals surface area contributed by atoms with Gasteiger partial charge >= 0.3 is 0 Å². The van der Waals surface area contributed by atoms with Crippen molar-refractivity contribution in [1.82, 2.24) is 5.32 Å². The van der Waals surface area contributed by atoms with E-state index in [1.54, 1.807) is 6.26 Å². The summed E-state index contributed by atoms with van der Waals surface area (Å²) in [5.41, 5.74) is 3.34. The average molecular weight is 339 g/mol. The maximum absolute atomic E-state index is 5.29. The highest BCUT2D eigenvalue weighted by molar-refractivity contribution is 9.10. The lowest BCUT2D eigenvalue weighted by molar-refractivity contribution is 0.503. The molecule has 0 spiro atoms. The van der Waals surface area contributed by atoms with Gasteiger partial charge in [0.1, 0.15) is 5.76 Å². The van der Waals surface area contributed by atoms with E-state index in [-0.39, 0.29) is 0 Å². The lowest BCUT2D eigenvalue weighted by Gasteiger charge is -2.14. The molecule has 0 amide bonds. The van der Waals surface area contributed by atoms with Crippen LogP contribution in [-0.4, -0.2) is 5.11 Å². The minimum atomic E-state index is 0.577. The smallest absolute Gasteiger partial charge is 0.171 e. The lowest BCUT2D eigenvalue weighted by Crippen LogP contribution is -2.28. The second kappa shape index (κ2) is 6.21. The summed E-state index contributed by atoms with van der Waals surface area (Å²) in [6, 6.07) is 7.89. The van der Waals surface area contributed by atoms with E-state index in [1.807, 2.05) is 12.1 Å². The molecule has 0 radical (unpaired) electrons. The predicted octanol–water partition coefficient (Wildman–Crippen LogP) is 4.15. The molecule has 1 heterocycles. The average Bonchev–Trinajstić information content (AvgIpc) is 2.84. The molecule has 100 valence electrons. The number of hydrogen-bond acceptors (Lipinski definition) is 2. The Hall–Kier alpha value is -1.33. The Bertz CT molecular complexity index is 558. The summed E-state index contributed by atoms with van der Waals surface area (Å²) in [6.07, 6.45) is 1.65. The number of rotatable bonds is 3. The minimum absolute atomic E-state index is 0.577. The lowest BCUT2D eigenvalue weighted by atomic mass is 10.1. The Morgan fingerprint density at radius 2 is 2.00 bits per heavy atom. The molecule has 0 atom stereocenters. The Labute approximate surface area is 126 Å². The third-order valence-corrected chi connectivity index (χ3v) is 3.44. The van der Waals surface area contributed by atoms with Crippen molar-refractivity contribution in [2.45, 2.75) is 20.4 Å². The van der Waals surface area contributed by atoms with Gasteiger partial charge in [0.25, 0.3) is 0 Å². The number of halogens is 1.